The monoisotopic (exact) mass is 452 g/mol. The number of rotatable bonds is 5. The number of halogens is 2. The summed E-state index contributed by atoms with van der Waals surface area (Å²) in [4.78, 5) is 24.1. The Morgan fingerprint density at radius 1 is 0.792 bits per heavy atom. The van der Waals surface area contributed by atoms with Crippen LogP contribution in [0.25, 0.3) is 0 Å². The van der Waals surface area contributed by atoms with Gasteiger partial charge in [0.1, 0.15) is 0 Å². The fourth-order valence-corrected chi connectivity index (χ4v) is 2.78. The predicted molar refractivity (Wildman–Crippen MR) is 102 cm³/mol. The lowest BCUT2D eigenvalue weighted by molar-refractivity contribution is 0.0927. The third-order valence-electron chi connectivity index (χ3n) is 3.56. The largest absolute Gasteiger partial charge is 0.350 e. The Bertz CT molecular complexity index is 710. The zero-order chi connectivity index (χ0) is 17.7. The highest BCUT2D eigenvalue weighted by atomic mass is 79.9. The second-order valence-corrected chi connectivity index (χ2v) is 7.15. The van der Waals surface area contributed by atoms with Gasteiger partial charge in [-0.3, -0.25) is 9.59 Å². The lowest BCUT2D eigenvalue weighted by Crippen LogP contribution is -2.34. The average Bonchev–Trinajstić information content (AvgIpc) is 2.56. The molecule has 24 heavy (non-hydrogen) atoms. The molecule has 126 valence electrons. The molecule has 6 heteroatoms. The van der Waals surface area contributed by atoms with Crippen molar-refractivity contribution in [2.45, 2.75) is 13.8 Å². The van der Waals surface area contributed by atoms with Gasteiger partial charge in [0.25, 0.3) is 11.8 Å². The number of aryl methyl sites for hydroxylation is 2. The van der Waals surface area contributed by atoms with Gasteiger partial charge in [-0.1, -0.05) is 44.0 Å². The summed E-state index contributed by atoms with van der Waals surface area (Å²) in [7, 11) is 0. The van der Waals surface area contributed by atoms with Crippen molar-refractivity contribution in [1.29, 1.82) is 0 Å². The van der Waals surface area contributed by atoms with Gasteiger partial charge in [0, 0.05) is 33.2 Å². The van der Waals surface area contributed by atoms with Gasteiger partial charge in [-0.05, 0) is 49.2 Å². The first-order chi connectivity index (χ1) is 11.4. The van der Waals surface area contributed by atoms with Gasteiger partial charge in [0.05, 0.1) is 0 Å². The van der Waals surface area contributed by atoms with E-state index in [4.69, 9.17) is 0 Å². The van der Waals surface area contributed by atoms with Gasteiger partial charge in [0.2, 0.25) is 0 Å². The van der Waals surface area contributed by atoms with E-state index in [1.54, 1.807) is 24.3 Å². The smallest absolute Gasteiger partial charge is 0.251 e. The topological polar surface area (TPSA) is 58.2 Å². The number of hydrogen-bond acceptors (Lipinski definition) is 2. The number of carbonyl (C=O) groups is 2. The molecule has 0 aliphatic heterocycles. The van der Waals surface area contributed by atoms with Crippen LogP contribution in [0.1, 0.15) is 31.8 Å². The zero-order valence-corrected chi connectivity index (χ0v) is 16.6. The molecule has 0 bridgehead atoms. The third-order valence-corrected chi connectivity index (χ3v) is 5.27. The molecular formula is C18H18Br2N2O2. The Kier molecular flexibility index (Phi) is 6.57. The van der Waals surface area contributed by atoms with Gasteiger partial charge in [0.15, 0.2) is 0 Å². The van der Waals surface area contributed by atoms with Crippen LogP contribution in [0.2, 0.25) is 0 Å². The van der Waals surface area contributed by atoms with Crippen LogP contribution in [0.3, 0.4) is 0 Å². The molecule has 2 amide bonds. The van der Waals surface area contributed by atoms with Gasteiger partial charge in [-0.15, -0.1) is 0 Å². The fourth-order valence-electron chi connectivity index (χ4n) is 2.02. The van der Waals surface area contributed by atoms with E-state index < -0.39 is 0 Å². The Balaban J connectivity index is 1.81. The number of amides is 2. The van der Waals surface area contributed by atoms with E-state index in [0.29, 0.717) is 24.2 Å². The van der Waals surface area contributed by atoms with Crippen LogP contribution in [-0.4, -0.2) is 24.9 Å². The molecule has 0 radical (unpaired) electrons. The molecular weight excluding hydrogens is 436 g/mol. The summed E-state index contributed by atoms with van der Waals surface area (Å²) in [5.74, 6) is -0.328. The molecule has 0 aliphatic rings. The van der Waals surface area contributed by atoms with Crippen molar-refractivity contribution in [2.24, 2.45) is 0 Å². The van der Waals surface area contributed by atoms with Crippen molar-refractivity contribution < 1.29 is 9.59 Å². The lowest BCUT2D eigenvalue weighted by atomic mass is 10.1. The maximum Gasteiger partial charge on any atom is 0.251 e. The molecule has 2 rings (SSSR count). The number of hydrogen-bond donors (Lipinski definition) is 2. The van der Waals surface area contributed by atoms with Gasteiger partial charge >= 0.3 is 0 Å². The summed E-state index contributed by atoms with van der Waals surface area (Å²) >= 11 is 6.82. The van der Waals surface area contributed by atoms with Crippen LogP contribution in [-0.2, 0) is 0 Å². The highest BCUT2D eigenvalue weighted by Crippen LogP contribution is 2.18. The molecule has 0 aliphatic carbocycles. The fraction of sp³-hybridized carbons (Fsp3) is 0.222. The SMILES string of the molecule is Cc1ccc(C(=O)NCCNC(=O)c2ccc(C)c(Br)c2)cc1Br. The Hall–Kier alpha value is -1.66. The van der Waals surface area contributed by atoms with Gasteiger partial charge in [-0.25, -0.2) is 0 Å². The second kappa shape index (κ2) is 8.44. The average molecular weight is 454 g/mol. The van der Waals surface area contributed by atoms with Crippen molar-refractivity contribution in [3.8, 4) is 0 Å². The van der Waals surface area contributed by atoms with Crippen molar-refractivity contribution >= 4 is 43.7 Å². The molecule has 0 fully saturated rings. The summed E-state index contributed by atoms with van der Waals surface area (Å²) in [5.41, 5.74) is 3.31. The van der Waals surface area contributed by atoms with E-state index in [2.05, 4.69) is 42.5 Å². The molecule has 0 saturated heterocycles. The van der Waals surface area contributed by atoms with Gasteiger partial charge in [-0.2, -0.15) is 0 Å². The Labute approximate surface area is 158 Å². The van der Waals surface area contributed by atoms with Crippen molar-refractivity contribution in [2.75, 3.05) is 13.1 Å². The summed E-state index contributed by atoms with van der Waals surface area (Å²) in [6.45, 7) is 4.65. The normalized spacial score (nSPS) is 10.3. The first kappa shape index (κ1) is 18.7. The molecule has 2 N–H and O–H groups in total. The van der Waals surface area contributed by atoms with Crippen LogP contribution < -0.4 is 10.6 Å². The van der Waals surface area contributed by atoms with Crippen LogP contribution in [0.4, 0.5) is 0 Å². The highest BCUT2D eigenvalue weighted by molar-refractivity contribution is 9.10. The minimum atomic E-state index is -0.164. The Morgan fingerprint density at radius 3 is 1.50 bits per heavy atom. The summed E-state index contributed by atoms with van der Waals surface area (Å²) in [6.07, 6.45) is 0. The number of nitrogens with one attached hydrogen (secondary N) is 2. The van der Waals surface area contributed by atoms with Crippen LogP contribution >= 0.6 is 31.9 Å². The molecule has 4 nitrogen and oxygen atoms in total. The maximum absolute atomic E-state index is 12.1. The highest BCUT2D eigenvalue weighted by Gasteiger charge is 2.08. The first-order valence-electron chi connectivity index (χ1n) is 7.47. The summed E-state index contributed by atoms with van der Waals surface area (Å²) in [6, 6.07) is 10.9. The second-order valence-electron chi connectivity index (χ2n) is 5.44. The van der Waals surface area contributed by atoms with E-state index in [-0.39, 0.29) is 11.8 Å². The van der Waals surface area contributed by atoms with Crippen LogP contribution in [0.5, 0.6) is 0 Å². The van der Waals surface area contributed by atoms with Crippen molar-refractivity contribution in [3.05, 3.63) is 67.6 Å². The minimum Gasteiger partial charge on any atom is -0.350 e. The molecule has 2 aromatic rings. The summed E-state index contributed by atoms with van der Waals surface area (Å²) < 4.78 is 1.79. The first-order valence-corrected chi connectivity index (χ1v) is 9.06. The van der Waals surface area contributed by atoms with Crippen molar-refractivity contribution in [3.63, 3.8) is 0 Å². The molecule has 0 atom stereocenters. The predicted octanol–water partition coefficient (Wildman–Crippen LogP) is 3.99. The van der Waals surface area contributed by atoms with E-state index in [1.807, 2.05) is 26.0 Å². The molecule has 0 heterocycles. The maximum atomic E-state index is 12.1. The van der Waals surface area contributed by atoms with Crippen LogP contribution in [0.15, 0.2) is 45.3 Å². The quantitative estimate of drug-likeness (QED) is 0.672. The minimum absolute atomic E-state index is 0.164. The van der Waals surface area contributed by atoms with Crippen LogP contribution in [0, 0.1) is 13.8 Å². The molecule has 0 unspecified atom stereocenters. The van der Waals surface area contributed by atoms with E-state index in [9.17, 15) is 9.59 Å². The molecule has 0 spiro atoms. The number of carbonyl (C=O) groups excluding carboxylic acids is 2. The van der Waals surface area contributed by atoms with E-state index >= 15 is 0 Å². The summed E-state index contributed by atoms with van der Waals surface area (Å²) in [5, 5.41) is 5.58. The van der Waals surface area contributed by atoms with E-state index in [0.717, 1.165) is 20.1 Å². The molecule has 0 saturated carbocycles. The Morgan fingerprint density at radius 2 is 1.17 bits per heavy atom. The molecule has 0 aromatic heterocycles. The standard InChI is InChI=1S/C18H18Br2N2O2/c1-11-3-5-13(9-15(11)19)17(23)21-7-8-22-18(24)14-6-4-12(2)16(20)10-14/h3-6,9-10H,7-8H2,1-2H3,(H,21,23)(H,22,24). The van der Waals surface area contributed by atoms with Gasteiger partial charge < -0.3 is 10.6 Å². The third kappa shape index (κ3) is 4.92. The zero-order valence-electron chi connectivity index (χ0n) is 13.5. The molecule has 2 aromatic carbocycles. The van der Waals surface area contributed by atoms with Crippen molar-refractivity contribution in [1.82, 2.24) is 10.6 Å². The number of benzene rings is 2. The van der Waals surface area contributed by atoms with E-state index in [1.165, 1.54) is 0 Å². The lowest BCUT2D eigenvalue weighted by Gasteiger charge is -2.09.